The molecule has 110 valence electrons. The Morgan fingerprint density at radius 3 is 2.55 bits per heavy atom. The van der Waals surface area contributed by atoms with E-state index in [0.717, 1.165) is 25.9 Å². The van der Waals surface area contributed by atoms with Crippen molar-refractivity contribution >= 4 is 5.91 Å². The number of phenolic OH excluding ortho intramolecular Hbond substituents is 1. The van der Waals surface area contributed by atoms with Gasteiger partial charge in [0.25, 0.3) is 0 Å². The molecule has 4 nitrogen and oxygen atoms in total. The van der Waals surface area contributed by atoms with Crippen LogP contribution in [0.15, 0.2) is 24.3 Å². The normalized spacial score (nSPS) is 18.1. The first-order valence-corrected chi connectivity index (χ1v) is 7.35. The van der Waals surface area contributed by atoms with Gasteiger partial charge in [0.1, 0.15) is 5.75 Å². The summed E-state index contributed by atoms with van der Waals surface area (Å²) in [5.41, 5.74) is 1.18. The van der Waals surface area contributed by atoms with Gasteiger partial charge in [-0.25, -0.2) is 0 Å². The van der Waals surface area contributed by atoms with Crippen LogP contribution in [-0.4, -0.2) is 30.1 Å². The van der Waals surface area contributed by atoms with Crippen molar-refractivity contribution in [1.82, 2.24) is 10.6 Å². The van der Waals surface area contributed by atoms with Gasteiger partial charge in [-0.1, -0.05) is 19.1 Å². The molecule has 2 unspecified atom stereocenters. The second-order valence-corrected chi connectivity index (χ2v) is 5.82. The zero-order valence-corrected chi connectivity index (χ0v) is 12.2. The van der Waals surface area contributed by atoms with E-state index >= 15 is 0 Å². The summed E-state index contributed by atoms with van der Waals surface area (Å²) in [6.07, 6.45) is 1.81. The number of rotatable bonds is 6. The molecule has 1 aliphatic heterocycles. The van der Waals surface area contributed by atoms with E-state index in [1.54, 1.807) is 12.1 Å². The number of aryl methyl sites for hydroxylation is 1. The average molecular weight is 276 g/mol. The predicted octanol–water partition coefficient (Wildman–Crippen LogP) is 1.68. The van der Waals surface area contributed by atoms with E-state index in [1.807, 2.05) is 26.0 Å². The molecule has 0 aliphatic carbocycles. The second-order valence-electron chi connectivity index (χ2n) is 5.82. The third kappa shape index (κ3) is 3.97. The van der Waals surface area contributed by atoms with Crippen molar-refractivity contribution in [3.05, 3.63) is 29.8 Å². The van der Waals surface area contributed by atoms with Crippen molar-refractivity contribution in [3.8, 4) is 5.75 Å². The molecule has 1 aromatic rings. The third-order valence-electron chi connectivity index (χ3n) is 4.12. The standard InChI is InChI=1S/C16H24N2O2/c1-11(3-4-13-5-7-15(19)8-6-13)18-16(20)12(2)14-9-17-10-14/h5-8,11-12,14,17,19H,3-4,9-10H2,1-2H3,(H,18,20). The van der Waals surface area contributed by atoms with Crippen molar-refractivity contribution < 1.29 is 9.90 Å². The van der Waals surface area contributed by atoms with Gasteiger partial charge in [0, 0.05) is 12.0 Å². The summed E-state index contributed by atoms with van der Waals surface area (Å²) in [7, 11) is 0. The zero-order valence-electron chi connectivity index (χ0n) is 12.2. The molecule has 1 fully saturated rings. The minimum atomic E-state index is 0.0902. The second kappa shape index (κ2) is 6.75. The molecular formula is C16H24N2O2. The molecule has 0 spiro atoms. The summed E-state index contributed by atoms with van der Waals surface area (Å²) in [6.45, 7) is 5.96. The molecule has 2 atom stereocenters. The molecule has 20 heavy (non-hydrogen) atoms. The molecule has 2 rings (SSSR count). The Hall–Kier alpha value is -1.55. The Kier molecular flexibility index (Phi) is 5.01. The summed E-state index contributed by atoms with van der Waals surface area (Å²) in [5.74, 6) is 1.03. The van der Waals surface area contributed by atoms with Crippen molar-refractivity contribution in [1.29, 1.82) is 0 Å². The minimum Gasteiger partial charge on any atom is -0.508 e. The molecule has 1 aliphatic rings. The average Bonchev–Trinajstić information content (AvgIpc) is 2.36. The lowest BCUT2D eigenvalue weighted by Gasteiger charge is -2.32. The molecule has 4 heteroatoms. The Morgan fingerprint density at radius 1 is 1.35 bits per heavy atom. The predicted molar refractivity (Wildman–Crippen MR) is 79.6 cm³/mol. The lowest BCUT2D eigenvalue weighted by atomic mass is 9.88. The van der Waals surface area contributed by atoms with Crippen molar-refractivity contribution in [2.45, 2.75) is 32.7 Å². The highest BCUT2D eigenvalue weighted by molar-refractivity contribution is 5.79. The topological polar surface area (TPSA) is 61.4 Å². The highest BCUT2D eigenvalue weighted by atomic mass is 16.3. The summed E-state index contributed by atoms with van der Waals surface area (Å²) < 4.78 is 0. The van der Waals surface area contributed by atoms with Crippen LogP contribution in [0.2, 0.25) is 0 Å². The van der Waals surface area contributed by atoms with Crippen LogP contribution in [-0.2, 0) is 11.2 Å². The number of benzene rings is 1. The lowest BCUT2D eigenvalue weighted by molar-refractivity contribution is -0.127. The van der Waals surface area contributed by atoms with Gasteiger partial charge in [-0.2, -0.15) is 0 Å². The molecule has 3 N–H and O–H groups in total. The van der Waals surface area contributed by atoms with Crippen LogP contribution >= 0.6 is 0 Å². The number of phenols is 1. The quantitative estimate of drug-likeness (QED) is 0.741. The number of carbonyl (C=O) groups is 1. The Balaban J connectivity index is 1.72. The summed E-state index contributed by atoms with van der Waals surface area (Å²) in [6, 6.07) is 7.42. The first-order valence-electron chi connectivity index (χ1n) is 7.35. The molecule has 0 saturated carbocycles. The van der Waals surface area contributed by atoms with Gasteiger partial charge in [0.2, 0.25) is 5.91 Å². The highest BCUT2D eigenvalue weighted by Gasteiger charge is 2.29. The van der Waals surface area contributed by atoms with E-state index < -0.39 is 0 Å². The van der Waals surface area contributed by atoms with Crippen LogP contribution in [0.4, 0.5) is 0 Å². The maximum Gasteiger partial charge on any atom is 0.223 e. The van der Waals surface area contributed by atoms with Crippen LogP contribution in [0.3, 0.4) is 0 Å². The molecular weight excluding hydrogens is 252 g/mol. The van der Waals surface area contributed by atoms with Crippen LogP contribution < -0.4 is 10.6 Å². The van der Waals surface area contributed by atoms with Gasteiger partial charge in [0.05, 0.1) is 0 Å². The van der Waals surface area contributed by atoms with Crippen molar-refractivity contribution in [2.24, 2.45) is 11.8 Å². The first-order chi connectivity index (χ1) is 9.56. The van der Waals surface area contributed by atoms with E-state index in [-0.39, 0.29) is 23.6 Å². The van der Waals surface area contributed by atoms with Gasteiger partial charge < -0.3 is 15.7 Å². The lowest BCUT2D eigenvalue weighted by Crippen LogP contribution is -2.50. The summed E-state index contributed by atoms with van der Waals surface area (Å²) in [5, 5.41) is 15.5. The maximum atomic E-state index is 12.1. The van der Waals surface area contributed by atoms with Crippen LogP contribution in [0, 0.1) is 11.8 Å². The molecule has 1 amide bonds. The van der Waals surface area contributed by atoms with Crippen LogP contribution in [0.1, 0.15) is 25.8 Å². The zero-order chi connectivity index (χ0) is 14.5. The Bertz CT molecular complexity index is 440. The van der Waals surface area contributed by atoms with Gasteiger partial charge in [-0.3, -0.25) is 4.79 Å². The fraction of sp³-hybridized carbons (Fsp3) is 0.562. The largest absolute Gasteiger partial charge is 0.508 e. The molecule has 1 aromatic carbocycles. The SMILES string of the molecule is CC(CCc1ccc(O)cc1)NC(=O)C(C)C1CNC1. The fourth-order valence-corrected chi connectivity index (χ4v) is 2.37. The van der Waals surface area contributed by atoms with Crippen molar-refractivity contribution in [2.75, 3.05) is 13.1 Å². The van der Waals surface area contributed by atoms with E-state index in [2.05, 4.69) is 10.6 Å². The molecule has 0 aromatic heterocycles. The van der Waals surface area contributed by atoms with Gasteiger partial charge in [-0.05, 0) is 56.5 Å². The van der Waals surface area contributed by atoms with Crippen molar-refractivity contribution in [3.63, 3.8) is 0 Å². The number of nitrogens with one attached hydrogen (secondary N) is 2. The molecule has 0 radical (unpaired) electrons. The van der Waals surface area contributed by atoms with Crippen LogP contribution in [0.25, 0.3) is 0 Å². The number of hydrogen-bond donors (Lipinski definition) is 3. The smallest absolute Gasteiger partial charge is 0.223 e. The number of amides is 1. The first kappa shape index (κ1) is 14.9. The monoisotopic (exact) mass is 276 g/mol. The van der Waals surface area contributed by atoms with Gasteiger partial charge >= 0.3 is 0 Å². The molecule has 0 bridgehead atoms. The highest BCUT2D eigenvalue weighted by Crippen LogP contribution is 2.16. The molecule has 1 saturated heterocycles. The van der Waals surface area contributed by atoms with E-state index in [9.17, 15) is 9.90 Å². The van der Waals surface area contributed by atoms with Crippen LogP contribution in [0.5, 0.6) is 5.75 Å². The Labute approximate surface area is 120 Å². The number of carbonyl (C=O) groups excluding carboxylic acids is 1. The fourth-order valence-electron chi connectivity index (χ4n) is 2.37. The summed E-state index contributed by atoms with van der Waals surface area (Å²) >= 11 is 0. The number of hydrogen-bond acceptors (Lipinski definition) is 3. The van der Waals surface area contributed by atoms with Gasteiger partial charge in [0.15, 0.2) is 0 Å². The van der Waals surface area contributed by atoms with E-state index in [0.29, 0.717) is 5.92 Å². The minimum absolute atomic E-state index is 0.0902. The molecule has 1 heterocycles. The van der Waals surface area contributed by atoms with E-state index in [4.69, 9.17) is 0 Å². The Morgan fingerprint density at radius 2 is 2.00 bits per heavy atom. The maximum absolute atomic E-state index is 12.1. The van der Waals surface area contributed by atoms with E-state index in [1.165, 1.54) is 5.56 Å². The summed E-state index contributed by atoms with van der Waals surface area (Å²) in [4.78, 5) is 12.1. The third-order valence-corrected chi connectivity index (χ3v) is 4.12. The number of aromatic hydroxyl groups is 1. The van der Waals surface area contributed by atoms with Gasteiger partial charge in [-0.15, -0.1) is 0 Å².